The van der Waals surface area contributed by atoms with Crippen LogP contribution in [-0.2, 0) is 16.0 Å². The molecule has 0 saturated carbocycles. The van der Waals surface area contributed by atoms with E-state index in [1.54, 1.807) is 7.05 Å². The van der Waals surface area contributed by atoms with Gasteiger partial charge in [-0.3, -0.25) is 9.59 Å². The summed E-state index contributed by atoms with van der Waals surface area (Å²) in [5, 5.41) is 2.74. The number of alkyl halides is 1. The molecular weight excluding hydrogens is 242 g/mol. The number of halogens is 1. The summed E-state index contributed by atoms with van der Waals surface area (Å²) in [7, 11) is 1.55. The topological polar surface area (TPSA) is 65.2 Å². The van der Waals surface area contributed by atoms with Crippen LogP contribution >= 0.6 is 11.6 Å². The average Bonchev–Trinajstić information content (AvgIpc) is 2.80. The Labute approximate surface area is 105 Å². The third-order valence-electron chi connectivity index (χ3n) is 2.32. The summed E-state index contributed by atoms with van der Waals surface area (Å²) in [5.74, 6) is -0.540. The zero-order chi connectivity index (χ0) is 12.7. The van der Waals surface area contributed by atoms with Crippen LogP contribution in [0, 0.1) is 0 Å². The first kappa shape index (κ1) is 13.6. The van der Waals surface area contributed by atoms with Crippen molar-refractivity contribution in [1.29, 1.82) is 0 Å². The Kier molecular flexibility index (Phi) is 5.56. The molecular formula is C11H16ClN3O2. The number of carbonyl (C=O) groups is 2. The van der Waals surface area contributed by atoms with E-state index in [1.165, 1.54) is 4.90 Å². The van der Waals surface area contributed by atoms with Crippen molar-refractivity contribution in [2.45, 2.75) is 6.42 Å². The molecule has 6 heteroatoms. The van der Waals surface area contributed by atoms with Crippen molar-refractivity contribution in [2.24, 2.45) is 0 Å². The summed E-state index contributed by atoms with van der Waals surface area (Å²) in [6.45, 7) is 0.596. The van der Waals surface area contributed by atoms with Crippen molar-refractivity contribution in [3.8, 4) is 0 Å². The number of likely N-dealkylation sites (N-methyl/N-ethyl adjacent to an activating group) is 1. The van der Waals surface area contributed by atoms with E-state index in [0.717, 1.165) is 12.0 Å². The fourth-order valence-corrected chi connectivity index (χ4v) is 1.53. The fourth-order valence-electron chi connectivity index (χ4n) is 1.32. The number of aromatic amines is 1. The first-order valence-corrected chi connectivity index (χ1v) is 5.85. The van der Waals surface area contributed by atoms with E-state index in [9.17, 15) is 9.59 Å². The van der Waals surface area contributed by atoms with E-state index < -0.39 is 0 Å². The summed E-state index contributed by atoms with van der Waals surface area (Å²) in [5.41, 5.74) is 1.13. The molecule has 2 N–H and O–H groups in total. The standard InChI is InChI=1S/C11H16ClN3O2/c1-15(11(17)6-12)8-10(16)14-5-3-9-2-4-13-7-9/h2,4,7,13H,3,5-6,8H2,1H3,(H,14,16). The van der Waals surface area contributed by atoms with Crippen LogP contribution in [0.2, 0.25) is 0 Å². The molecule has 0 spiro atoms. The highest BCUT2D eigenvalue weighted by Crippen LogP contribution is 1.96. The first-order valence-electron chi connectivity index (χ1n) is 5.31. The van der Waals surface area contributed by atoms with Crippen LogP contribution in [-0.4, -0.2) is 47.7 Å². The maximum Gasteiger partial charge on any atom is 0.239 e. The van der Waals surface area contributed by atoms with Crippen molar-refractivity contribution in [2.75, 3.05) is 26.0 Å². The zero-order valence-corrected chi connectivity index (χ0v) is 10.5. The molecule has 5 nitrogen and oxygen atoms in total. The van der Waals surface area contributed by atoms with Crippen molar-refractivity contribution in [3.05, 3.63) is 24.0 Å². The molecule has 1 aromatic rings. The van der Waals surface area contributed by atoms with Crippen molar-refractivity contribution in [1.82, 2.24) is 15.2 Å². The van der Waals surface area contributed by atoms with Crippen LogP contribution in [0.3, 0.4) is 0 Å². The van der Waals surface area contributed by atoms with E-state index in [1.807, 2.05) is 18.5 Å². The number of carbonyl (C=O) groups excluding carboxylic acids is 2. The van der Waals surface area contributed by atoms with Crippen molar-refractivity contribution < 1.29 is 9.59 Å². The van der Waals surface area contributed by atoms with Gasteiger partial charge in [-0.15, -0.1) is 11.6 Å². The number of nitrogens with one attached hydrogen (secondary N) is 2. The maximum absolute atomic E-state index is 11.4. The van der Waals surface area contributed by atoms with Crippen LogP contribution in [0.5, 0.6) is 0 Å². The normalized spacial score (nSPS) is 10.0. The van der Waals surface area contributed by atoms with E-state index in [-0.39, 0.29) is 24.2 Å². The second-order valence-electron chi connectivity index (χ2n) is 3.70. The Morgan fingerprint density at radius 2 is 2.29 bits per heavy atom. The van der Waals surface area contributed by atoms with Crippen molar-refractivity contribution >= 4 is 23.4 Å². The Hall–Kier alpha value is -1.49. The highest BCUT2D eigenvalue weighted by atomic mass is 35.5. The van der Waals surface area contributed by atoms with Crippen LogP contribution < -0.4 is 5.32 Å². The highest BCUT2D eigenvalue weighted by molar-refractivity contribution is 6.27. The monoisotopic (exact) mass is 257 g/mol. The third-order valence-corrected chi connectivity index (χ3v) is 2.55. The lowest BCUT2D eigenvalue weighted by Crippen LogP contribution is -2.39. The number of aromatic nitrogens is 1. The Morgan fingerprint density at radius 1 is 1.53 bits per heavy atom. The lowest BCUT2D eigenvalue weighted by molar-refractivity contribution is -0.132. The van der Waals surface area contributed by atoms with Gasteiger partial charge in [0.05, 0.1) is 6.54 Å². The molecule has 1 aromatic heterocycles. The molecule has 0 fully saturated rings. The number of hydrogen-bond donors (Lipinski definition) is 2. The van der Waals surface area contributed by atoms with Crippen LogP contribution in [0.25, 0.3) is 0 Å². The summed E-state index contributed by atoms with van der Waals surface area (Å²) in [4.78, 5) is 26.8. The molecule has 17 heavy (non-hydrogen) atoms. The van der Waals surface area contributed by atoms with Gasteiger partial charge in [0.1, 0.15) is 5.88 Å². The summed E-state index contributed by atoms with van der Waals surface area (Å²) < 4.78 is 0. The van der Waals surface area contributed by atoms with Gasteiger partial charge >= 0.3 is 0 Å². The van der Waals surface area contributed by atoms with Gasteiger partial charge in [-0.2, -0.15) is 0 Å². The van der Waals surface area contributed by atoms with Gasteiger partial charge in [0.15, 0.2) is 0 Å². The largest absolute Gasteiger partial charge is 0.367 e. The van der Waals surface area contributed by atoms with Crippen molar-refractivity contribution in [3.63, 3.8) is 0 Å². The molecule has 2 amide bonds. The molecule has 0 atom stereocenters. The Balaban J connectivity index is 2.19. The molecule has 1 rings (SSSR count). The fraction of sp³-hybridized carbons (Fsp3) is 0.455. The molecule has 1 heterocycles. The van der Waals surface area contributed by atoms with Gasteiger partial charge in [-0.05, 0) is 18.1 Å². The SMILES string of the molecule is CN(CC(=O)NCCc1cc[nH]c1)C(=O)CCl. The average molecular weight is 258 g/mol. The highest BCUT2D eigenvalue weighted by Gasteiger charge is 2.10. The van der Waals surface area contributed by atoms with Gasteiger partial charge in [-0.1, -0.05) is 0 Å². The van der Waals surface area contributed by atoms with E-state index in [4.69, 9.17) is 11.6 Å². The summed E-state index contributed by atoms with van der Waals surface area (Å²) >= 11 is 5.38. The van der Waals surface area contributed by atoms with Gasteiger partial charge in [0, 0.05) is 26.0 Å². The van der Waals surface area contributed by atoms with E-state index in [0.29, 0.717) is 6.54 Å². The molecule has 0 aromatic carbocycles. The van der Waals surface area contributed by atoms with Crippen LogP contribution in [0.1, 0.15) is 5.56 Å². The summed E-state index contributed by atoms with van der Waals surface area (Å²) in [6.07, 6.45) is 4.49. The lowest BCUT2D eigenvalue weighted by Gasteiger charge is -2.15. The Morgan fingerprint density at radius 3 is 2.88 bits per heavy atom. The van der Waals surface area contributed by atoms with Gasteiger partial charge in [-0.25, -0.2) is 0 Å². The second kappa shape index (κ2) is 6.96. The van der Waals surface area contributed by atoms with Crippen LogP contribution in [0.4, 0.5) is 0 Å². The molecule has 94 valence electrons. The maximum atomic E-state index is 11.4. The number of hydrogen-bond acceptors (Lipinski definition) is 2. The van der Waals surface area contributed by atoms with E-state index in [2.05, 4.69) is 10.3 Å². The molecule has 0 unspecified atom stereocenters. The number of amides is 2. The lowest BCUT2D eigenvalue weighted by atomic mass is 10.2. The number of nitrogens with zero attached hydrogens (tertiary/aromatic N) is 1. The Bertz CT molecular complexity index is 365. The van der Waals surface area contributed by atoms with Gasteiger partial charge in [0.2, 0.25) is 11.8 Å². The smallest absolute Gasteiger partial charge is 0.239 e. The number of H-pyrrole nitrogens is 1. The summed E-state index contributed by atoms with van der Waals surface area (Å²) in [6, 6.07) is 1.95. The zero-order valence-electron chi connectivity index (χ0n) is 9.70. The van der Waals surface area contributed by atoms with Gasteiger partial charge < -0.3 is 15.2 Å². The first-order chi connectivity index (χ1) is 8.13. The van der Waals surface area contributed by atoms with E-state index >= 15 is 0 Å². The minimum Gasteiger partial charge on any atom is -0.367 e. The third kappa shape index (κ3) is 4.91. The molecule has 0 aliphatic heterocycles. The molecule has 0 radical (unpaired) electrons. The predicted molar refractivity (Wildman–Crippen MR) is 65.9 cm³/mol. The second-order valence-corrected chi connectivity index (χ2v) is 3.97. The molecule has 0 bridgehead atoms. The van der Waals surface area contributed by atoms with Gasteiger partial charge in [0.25, 0.3) is 0 Å². The minimum atomic E-state index is -0.257. The van der Waals surface area contributed by atoms with Crippen LogP contribution in [0.15, 0.2) is 18.5 Å². The molecule has 0 aliphatic rings. The quantitative estimate of drug-likeness (QED) is 0.724. The predicted octanol–water partition coefficient (Wildman–Crippen LogP) is 0.371. The number of rotatable bonds is 6. The molecule has 0 aliphatic carbocycles. The molecule has 0 saturated heterocycles. The minimum absolute atomic E-state index is 0.0404.